The molecule has 3 rings (SSSR count). The van der Waals surface area contributed by atoms with Crippen LogP contribution in [0.15, 0.2) is 57.9 Å². The molecule has 0 fully saturated rings. The summed E-state index contributed by atoms with van der Waals surface area (Å²) in [5, 5.41) is 2.79. The molecule has 148 valence electrons. The van der Waals surface area contributed by atoms with E-state index < -0.39 is 17.8 Å². The van der Waals surface area contributed by atoms with Gasteiger partial charge >= 0.3 is 5.97 Å². The smallest absolute Gasteiger partial charge is 0.308 e. The van der Waals surface area contributed by atoms with Crippen molar-refractivity contribution in [1.82, 2.24) is 5.32 Å². The lowest BCUT2D eigenvalue weighted by Crippen LogP contribution is -2.32. The zero-order chi connectivity index (χ0) is 21.0. The van der Waals surface area contributed by atoms with Crippen LogP contribution < -0.4 is 20.3 Å². The maximum atomic E-state index is 12.5. The van der Waals surface area contributed by atoms with E-state index in [1.807, 2.05) is 0 Å². The summed E-state index contributed by atoms with van der Waals surface area (Å²) in [6.07, 6.45) is 0. The summed E-state index contributed by atoms with van der Waals surface area (Å²) in [4.78, 5) is 39.4. The number of carbonyl (C=O) groups is 3. The monoisotopic (exact) mass is 394 g/mol. The molecule has 0 radical (unpaired) electrons. The number of nitrogens with one attached hydrogen (secondary N) is 1. The molecule has 29 heavy (non-hydrogen) atoms. The molecule has 2 amide bonds. The fraction of sp³-hybridized carbons (Fsp3) is 0.143. The van der Waals surface area contributed by atoms with Crippen molar-refractivity contribution < 1.29 is 28.3 Å². The number of benzene rings is 2. The van der Waals surface area contributed by atoms with E-state index in [4.69, 9.17) is 13.9 Å². The maximum absolute atomic E-state index is 12.5. The standard InChI is InChI=1S/C21H18N2O6/c1-12(24)22-20(26)18-10-14-4-7-17(28-13(2)25)11-19(14)29-21(18)23-15-5-8-16(27-3)9-6-15/h4-11H,1-3H3,(H,22,24,26). The van der Waals surface area contributed by atoms with Crippen molar-refractivity contribution in [2.75, 3.05) is 7.11 Å². The van der Waals surface area contributed by atoms with Crippen LogP contribution in [-0.2, 0) is 9.59 Å². The molecule has 0 aliphatic heterocycles. The van der Waals surface area contributed by atoms with Crippen molar-refractivity contribution in [2.45, 2.75) is 13.8 Å². The van der Waals surface area contributed by atoms with Crippen LogP contribution in [0.2, 0.25) is 0 Å². The van der Waals surface area contributed by atoms with Gasteiger partial charge in [-0.05, 0) is 42.5 Å². The number of imide groups is 1. The molecule has 0 atom stereocenters. The summed E-state index contributed by atoms with van der Waals surface area (Å²) in [6.45, 7) is 2.53. The number of fused-ring (bicyclic) bond motifs is 1. The van der Waals surface area contributed by atoms with E-state index in [-0.39, 0.29) is 11.1 Å². The molecule has 2 aromatic carbocycles. The third kappa shape index (κ3) is 4.86. The summed E-state index contributed by atoms with van der Waals surface area (Å²) < 4.78 is 16.0. The molecule has 0 aliphatic carbocycles. The number of carbonyl (C=O) groups excluding carboxylic acids is 3. The molecular formula is C21H18N2O6. The van der Waals surface area contributed by atoms with Crippen LogP contribution in [-0.4, -0.2) is 24.9 Å². The van der Waals surface area contributed by atoms with Gasteiger partial charge in [0, 0.05) is 25.3 Å². The van der Waals surface area contributed by atoms with Crippen molar-refractivity contribution in [1.29, 1.82) is 0 Å². The summed E-state index contributed by atoms with van der Waals surface area (Å²) in [5.74, 6) is -0.662. The lowest BCUT2D eigenvalue weighted by atomic mass is 10.1. The third-order valence-electron chi connectivity index (χ3n) is 3.82. The number of esters is 1. The van der Waals surface area contributed by atoms with Crippen molar-refractivity contribution in [3.63, 3.8) is 0 Å². The van der Waals surface area contributed by atoms with Gasteiger partial charge in [0.25, 0.3) is 5.91 Å². The average Bonchev–Trinajstić information content (AvgIpc) is 2.67. The first kappa shape index (κ1) is 19.8. The van der Waals surface area contributed by atoms with Gasteiger partial charge in [0.05, 0.1) is 12.8 Å². The highest BCUT2D eigenvalue weighted by molar-refractivity contribution is 6.05. The number of methoxy groups -OCH3 is 1. The Morgan fingerprint density at radius 3 is 2.28 bits per heavy atom. The highest BCUT2D eigenvalue weighted by Gasteiger charge is 2.15. The second kappa shape index (κ2) is 8.39. The van der Waals surface area contributed by atoms with Gasteiger partial charge in [0.1, 0.15) is 22.6 Å². The Morgan fingerprint density at radius 1 is 0.966 bits per heavy atom. The number of ether oxygens (including phenoxy) is 2. The van der Waals surface area contributed by atoms with Gasteiger partial charge in [-0.3, -0.25) is 19.7 Å². The first-order valence-corrected chi connectivity index (χ1v) is 8.63. The van der Waals surface area contributed by atoms with Crippen LogP contribution in [0.5, 0.6) is 11.5 Å². The van der Waals surface area contributed by atoms with Crippen LogP contribution in [0.3, 0.4) is 0 Å². The molecule has 3 aromatic rings. The van der Waals surface area contributed by atoms with E-state index in [2.05, 4.69) is 10.3 Å². The molecule has 0 aliphatic rings. The summed E-state index contributed by atoms with van der Waals surface area (Å²) >= 11 is 0. The molecule has 1 heterocycles. The Hall–Kier alpha value is -3.94. The van der Waals surface area contributed by atoms with Gasteiger partial charge in [-0.15, -0.1) is 0 Å². The molecule has 8 nitrogen and oxygen atoms in total. The first-order valence-electron chi connectivity index (χ1n) is 8.63. The summed E-state index contributed by atoms with van der Waals surface area (Å²) in [7, 11) is 1.55. The highest BCUT2D eigenvalue weighted by atomic mass is 16.5. The van der Waals surface area contributed by atoms with Gasteiger partial charge in [-0.1, -0.05) is 0 Å². The van der Waals surface area contributed by atoms with Crippen molar-refractivity contribution in [3.8, 4) is 11.5 Å². The quantitative estimate of drug-likeness (QED) is 0.539. The number of hydrogen-bond acceptors (Lipinski definition) is 7. The Bertz CT molecular complexity index is 1160. The van der Waals surface area contributed by atoms with Gasteiger partial charge in [-0.2, -0.15) is 0 Å². The zero-order valence-corrected chi connectivity index (χ0v) is 16.0. The average molecular weight is 394 g/mol. The topological polar surface area (TPSA) is 107 Å². The van der Waals surface area contributed by atoms with E-state index in [9.17, 15) is 14.4 Å². The van der Waals surface area contributed by atoms with Crippen molar-refractivity contribution in [3.05, 3.63) is 59.6 Å². The molecule has 0 spiro atoms. The lowest BCUT2D eigenvalue weighted by molar-refractivity contribution is -0.131. The zero-order valence-electron chi connectivity index (χ0n) is 16.0. The molecular weight excluding hydrogens is 376 g/mol. The number of hydrogen-bond donors (Lipinski definition) is 1. The third-order valence-corrected chi connectivity index (χ3v) is 3.82. The minimum atomic E-state index is -0.639. The molecule has 1 N–H and O–H groups in total. The Morgan fingerprint density at radius 2 is 1.66 bits per heavy atom. The van der Waals surface area contributed by atoms with E-state index in [1.165, 1.54) is 19.9 Å². The first-order chi connectivity index (χ1) is 13.9. The molecule has 0 saturated carbocycles. The normalized spacial score (nSPS) is 11.2. The molecule has 0 saturated heterocycles. The second-order valence-corrected chi connectivity index (χ2v) is 6.08. The lowest BCUT2D eigenvalue weighted by Gasteiger charge is -2.07. The molecule has 0 bridgehead atoms. The van der Waals surface area contributed by atoms with E-state index in [0.29, 0.717) is 28.2 Å². The van der Waals surface area contributed by atoms with Gasteiger partial charge in [0.2, 0.25) is 11.5 Å². The van der Waals surface area contributed by atoms with E-state index >= 15 is 0 Å². The largest absolute Gasteiger partial charge is 0.497 e. The van der Waals surface area contributed by atoms with Crippen molar-refractivity contribution >= 4 is 34.4 Å². The van der Waals surface area contributed by atoms with Crippen LogP contribution >= 0.6 is 0 Å². The summed E-state index contributed by atoms with van der Waals surface area (Å²) in [6, 6.07) is 13.1. The van der Waals surface area contributed by atoms with Crippen molar-refractivity contribution in [2.24, 2.45) is 4.99 Å². The highest BCUT2D eigenvalue weighted by Crippen LogP contribution is 2.22. The maximum Gasteiger partial charge on any atom is 0.308 e. The van der Waals surface area contributed by atoms with Crippen LogP contribution in [0.4, 0.5) is 5.69 Å². The van der Waals surface area contributed by atoms with E-state index in [0.717, 1.165) is 0 Å². The molecule has 8 heteroatoms. The minimum absolute atomic E-state index is 0.00129. The Kier molecular flexibility index (Phi) is 5.73. The number of rotatable bonds is 4. The predicted molar refractivity (Wildman–Crippen MR) is 104 cm³/mol. The molecule has 0 unspecified atom stereocenters. The van der Waals surface area contributed by atoms with E-state index in [1.54, 1.807) is 49.6 Å². The van der Waals surface area contributed by atoms with Gasteiger partial charge < -0.3 is 13.9 Å². The van der Waals surface area contributed by atoms with Crippen LogP contribution in [0, 0.1) is 0 Å². The fourth-order valence-electron chi connectivity index (χ4n) is 2.58. The fourth-order valence-corrected chi connectivity index (χ4v) is 2.58. The SMILES string of the molecule is COc1ccc(N=c2oc3cc(OC(C)=O)ccc3cc2C(=O)NC(C)=O)cc1. The molecule has 1 aromatic heterocycles. The van der Waals surface area contributed by atoms with Crippen LogP contribution in [0.25, 0.3) is 11.0 Å². The number of nitrogens with zero attached hydrogens (tertiary/aromatic N) is 1. The Balaban J connectivity index is 2.18. The predicted octanol–water partition coefficient (Wildman–Crippen LogP) is 2.88. The van der Waals surface area contributed by atoms with Crippen LogP contribution in [0.1, 0.15) is 24.2 Å². The Labute approximate surface area is 165 Å². The summed E-state index contributed by atoms with van der Waals surface area (Å²) in [5.41, 5.74) is 0.961. The minimum Gasteiger partial charge on any atom is -0.497 e. The number of amides is 2. The van der Waals surface area contributed by atoms with Gasteiger partial charge in [-0.25, -0.2) is 4.99 Å². The van der Waals surface area contributed by atoms with Gasteiger partial charge in [0.15, 0.2) is 0 Å². The second-order valence-electron chi connectivity index (χ2n) is 6.08.